The molecule has 138 valence electrons. The maximum atomic E-state index is 11.6. The monoisotopic (exact) mass is 355 g/mol. The highest BCUT2D eigenvalue weighted by atomic mass is 16.7. The summed E-state index contributed by atoms with van der Waals surface area (Å²) in [5.74, 6) is 0. The molecule has 2 heterocycles. The average Bonchev–Trinajstić information content (AvgIpc) is 2.88. The number of hydrogen-bond acceptors (Lipinski definition) is 7. The third kappa shape index (κ3) is 4.68. The highest BCUT2D eigenvalue weighted by Gasteiger charge is 2.43. The first kappa shape index (κ1) is 19.2. The number of aliphatic hydroxyl groups is 2. The molecule has 2 rings (SSSR count). The molecule has 11 nitrogen and oxygen atoms in total. The van der Waals surface area contributed by atoms with Crippen LogP contribution in [-0.4, -0.2) is 57.5 Å². The van der Waals surface area contributed by atoms with Crippen molar-refractivity contribution in [1.29, 1.82) is 0 Å². The Balaban J connectivity index is 1.78. The number of nitrogens with one attached hydrogen (secondary N) is 1. The van der Waals surface area contributed by atoms with Crippen LogP contribution in [0.4, 0.5) is 0 Å². The lowest BCUT2D eigenvalue weighted by Gasteiger charge is -2.15. The van der Waals surface area contributed by atoms with Crippen molar-refractivity contribution in [2.45, 2.75) is 50.8 Å². The minimum atomic E-state index is -1.16. The lowest BCUT2D eigenvalue weighted by Crippen LogP contribution is -2.33. The Labute approximate surface area is 142 Å². The Kier molecular flexibility index (Phi) is 6.73. The van der Waals surface area contributed by atoms with Gasteiger partial charge in [0.1, 0.15) is 6.10 Å². The van der Waals surface area contributed by atoms with E-state index in [1.54, 1.807) is 6.92 Å². The predicted molar refractivity (Wildman–Crippen MR) is 85.9 cm³/mol. The number of rotatable bonds is 8. The van der Waals surface area contributed by atoms with E-state index in [1.165, 1.54) is 10.8 Å². The number of aryl methyl sites for hydroxylation is 2. The van der Waals surface area contributed by atoms with Crippen LogP contribution in [0.15, 0.2) is 20.9 Å². The molecule has 25 heavy (non-hydrogen) atoms. The second-order valence-corrected chi connectivity index (χ2v) is 5.75. The minimum Gasteiger partial charge on any atom is -0.394 e. The minimum absolute atomic E-state index is 0.250. The number of azide groups is 1. The Morgan fingerprint density at radius 3 is 2.92 bits per heavy atom. The van der Waals surface area contributed by atoms with Gasteiger partial charge in [0.2, 0.25) is 0 Å². The number of unbranched alkanes of at least 4 members (excludes halogenated alkanes) is 1. The van der Waals surface area contributed by atoms with E-state index in [1.807, 2.05) is 0 Å². The highest BCUT2D eigenvalue weighted by Crippen LogP contribution is 2.25. The number of ether oxygens (including phenoxy) is 2. The fourth-order valence-electron chi connectivity index (χ4n) is 2.57. The standard InChI is InChI=1S/C14H21N5O6/c1-8-6-19(14(23)16-12(8)22)4-2-3-5-24-13-11(21)10(17-18-15)9(7-20)25-13/h6,9-11,13,20-21H,2-5,7H2,1H3,(H,16,22,23)/t9-,10-,11-,13-/m1/s1. The molecule has 1 aliphatic rings. The summed E-state index contributed by atoms with van der Waals surface area (Å²) in [7, 11) is 0. The van der Waals surface area contributed by atoms with Crippen LogP contribution in [0, 0.1) is 6.92 Å². The molecule has 1 aliphatic heterocycles. The van der Waals surface area contributed by atoms with E-state index in [2.05, 4.69) is 15.0 Å². The van der Waals surface area contributed by atoms with Crippen LogP contribution in [0.25, 0.3) is 10.4 Å². The van der Waals surface area contributed by atoms with E-state index in [-0.39, 0.29) is 6.61 Å². The van der Waals surface area contributed by atoms with Gasteiger partial charge in [0.25, 0.3) is 5.56 Å². The summed E-state index contributed by atoms with van der Waals surface area (Å²) in [6, 6.07) is -0.900. The van der Waals surface area contributed by atoms with Gasteiger partial charge in [0, 0.05) is 29.8 Å². The van der Waals surface area contributed by atoms with Crippen molar-refractivity contribution in [3.63, 3.8) is 0 Å². The summed E-state index contributed by atoms with van der Waals surface area (Å²) < 4.78 is 12.2. The lowest BCUT2D eigenvalue weighted by atomic mass is 10.1. The maximum absolute atomic E-state index is 11.6. The molecule has 1 aromatic rings. The summed E-state index contributed by atoms with van der Waals surface area (Å²) in [5.41, 5.74) is 8.07. The molecule has 3 N–H and O–H groups in total. The normalized spacial score (nSPS) is 25.7. The van der Waals surface area contributed by atoms with Gasteiger partial charge in [-0.05, 0) is 25.3 Å². The zero-order valence-corrected chi connectivity index (χ0v) is 13.7. The zero-order valence-electron chi connectivity index (χ0n) is 13.7. The molecule has 0 unspecified atom stereocenters. The van der Waals surface area contributed by atoms with Crippen molar-refractivity contribution in [1.82, 2.24) is 9.55 Å². The zero-order chi connectivity index (χ0) is 18.4. The van der Waals surface area contributed by atoms with Crippen molar-refractivity contribution >= 4 is 0 Å². The Bertz CT molecular complexity index is 740. The first-order chi connectivity index (χ1) is 12.0. The van der Waals surface area contributed by atoms with E-state index >= 15 is 0 Å². The van der Waals surface area contributed by atoms with Gasteiger partial charge in [-0.15, -0.1) is 0 Å². The van der Waals surface area contributed by atoms with Gasteiger partial charge in [0.05, 0.1) is 18.8 Å². The molecule has 1 aromatic heterocycles. The fraction of sp³-hybridized carbons (Fsp3) is 0.714. The topological polar surface area (TPSA) is 163 Å². The van der Waals surface area contributed by atoms with E-state index in [4.69, 9.17) is 20.1 Å². The molecule has 0 aromatic carbocycles. The maximum Gasteiger partial charge on any atom is 0.328 e. The number of H-pyrrole nitrogens is 1. The first-order valence-electron chi connectivity index (χ1n) is 7.88. The highest BCUT2D eigenvalue weighted by molar-refractivity contribution is 5.00. The van der Waals surface area contributed by atoms with Crippen molar-refractivity contribution in [3.05, 3.63) is 43.0 Å². The van der Waals surface area contributed by atoms with Crippen LogP contribution in [0.3, 0.4) is 0 Å². The van der Waals surface area contributed by atoms with Crippen molar-refractivity contribution in [3.8, 4) is 0 Å². The fourth-order valence-corrected chi connectivity index (χ4v) is 2.57. The summed E-state index contributed by atoms with van der Waals surface area (Å²) in [6.07, 6.45) is -0.255. The van der Waals surface area contributed by atoms with Gasteiger partial charge in [-0.1, -0.05) is 5.11 Å². The van der Waals surface area contributed by atoms with Crippen LogP contribution in [0.5, 0.6) is 0 Å². The van der Waals surface area contributed by atoms with Crippen LogP contribution in [-0.2, 0) is 16.0 Å². The second-order valence-electron chi connectivity index (χ2n) is 5.75. The number of aromatic nitrogens is 2. The number of aliphatic hydroxyl groups excluding tert-OH is 2. The second kappa shape index (κ2) is 8.79. The lowest BCUT2D eigenvalue weighted by molar-refractivity contribution is -0.169. The van der Waals surface area contributed by atoms with Gasteiger partial charge < -0.3 is 24.3 Å². The molecular formula is C14H21N5O6. The summed E-state index contributed by atoms with van der Waals surface area (Å²) in [6.45, 7) is 1.89. The van der Waals surface area contributed by atoms with Crippen molar-refractivity contribution in [2.75, 3.05) is 13.2 Å². The van der Waals surface area contributed by atoms with E-state index in [0.29, 0.717) is 24.9 Å². The molecule has 0 aliphatic carbocycles. The molecule has 4 atom stereocenters. The molecule has 11 heteroatoms. The molecule has 0 radical (unpaired) electrons. The molecule has 1 fully saturated rings. The third-order valence-corrected chi connectivity index (χ3v) is 3.95. The Morgan fingerprint density at radius 2 is 2.24 bits per heavy atom. The van der Waals surface area contributed by atoms with Crippen LogP contribution < -0.4 is 11.2 Å². The third-order valence-electron chi connectivity index (χ3n) is 3.95. The van der Waals surface area contributed by atoms with E-state index in [0.717, 1.165) is 0 Å². The Morgan fingerprint density at radius 1 is 1.48 bits per heavy atom. The van der Waals surface area contributed by atoms with E-state index in [9.17, 15) is 14.7 Å². The van der Waals surface area contributed by atoms with Crippen LogP contribution in [0.2, 0.25) is 0 Å². The SMILES string of the molecule is Cc1cn(CCCCO[C@@H]2O[C@H](CO)[C@@H](N=[N+]=[N-])[C@H]2O)c(=O)[nH]c1=O. The molecular weight excluding hydrogens is 334 g/mol. The molecule has 0 bridgehead atoms. The largest absolute Gasteiger partial charge is 0.394 e. The van der Waals surface area contributed by atoms with Gasteiger partial charge in [-0.3, -0.25) is 9.78 Å². The summed E-state index contributed by atoms with van der Waals surface area (Å²) in [4.78, 5) is 27.8. The first-order valence-corrected chi connectivity index (χ1v) is 7.88. The van der Waals surface area contributed by atoms with E-state index < -0.39 is 42.4 Å². The average molecular weight is 355 g/mol. The van der Waals surface area contributed by atoms with Crippen molar-refractivity contribution in [2.24, 2.45) is 5.11 Å². The summed E-state index contributed by atoms with van der Waals surface area (Å²) >= 11 is 0. The van der Waals surface area contributed by atoms with Gasteiger partial charge in [-0.2, -0.15) is 0 Å². The Hall–Kier alpha value is -2.17. The molecule has 0 spiro atoms. The molecule has 0 amide bonds. The predicted octanol–water partition coefficient (Wildman–Crippen LogP) is -0.601. The van der Waals surface area contributed by atoms with Crippen LogP contribution in [0.1, 0.15) is 18.4 Å². The summed E-state index contributed by atoms with van der Waals surface area (Å²) in [5, 5.41) is 22.6. The van der Waals surface area contributed by atoms with Gasteiger partial charge in [0.15, 0.2) is 6.29 Å². The van der Waals surface area contributed by atoms with Gasteiger partial charge in [-0.25, -0.2) is 4.79 Å². The number of aromatic amines is 1. The van der Waals surface area contributed by atoms with Crippen LogP contribution >= 0.6 is 0 Å². The quantitative estimate of drug-likeness (QED) is 0.244. The smallest absolute Gasteiger partial charge is 0.328 e. The molecule has 1 saturated heterocycles. The molecule has 0 saturated carbocycles. The number of nitrogens with zero attached hydrogens (tertiary/aromatic N) is 4. The number of hydrogen-bond donors (Lipinski definition) is 3. The van der Waals surface area contributed by atoms with Crippen molar-refractivity contribution < 1.29 is 19.7 Å². The van der Waals surface area contributed by atoms with Gasteiger partial charge >= 0.3 is 5.69 Å².